The van der Waals surface area contributed by atoms with Crippen molar-refractivity contribution in [2.24, 2.45) is 4.99 Å². The Bertz CT molecular complexity index is 874. The third-order valence-corrected chi connectivity index (χ3v) is 3.93. The number of ether oxygens (including phenoxy) is 1. The van der Waals surface area contributed by atoms with Gasteiger partial charge in [0, 0.05) is 5.56 Å². The number of aliphatic imine (C=N–C) groups is 1. The third-order valence-electron chi connectivity index (χ3n) is 3.93. The summed E-state index contributed by atoms with van der Waals surface area (Å²) >= 11 is 0. The van der Waals surface area contributed by atoms with Crippen LogP contribution in [0.1, 0.15) is 29.2 Å². The Balaban J connectivity index is 1.88. The largest absolute Gasteiger partial charge is 0.402 e. The highest BCUT2D eigenvalue weighted by Gasteiger charge is 2.24. The Morgan fingerprint density at radius 2 is 1.79 bits per heavy atom. The van der Waals surface area contributed by atoms with Gasteiger partial charge in [0.1, 0.15) is 0 Å². The van der Waals surface area contributed by atoms with E-state index in [4.69, 9.17) is 4.74 Å². The third kappa shape index (κ3) is 3.51. The van der Waals surface area contributed by atoms with Crippen molar-refractivity contribution >= 4 is 17.9 Å². The molecule has 0 saturated carbocycles. The van der Waals surface area contributed by atoms with Crippen molar-refractivity contribution in [3.05, 3.63) is 88.1 Å². The number of allylic oxidation sites excluding steroid dienone is 2. The van der Waals surface area contributed by atoms with E-state index in [2.05, 4.69) is 4.99 Å². The molecule has 0 bridgehead atoms. The fourth-order valence-electron chi connectivity index (χ4n) is 2.48. The van der Waals surface area contributed by atoms with Crippen molar-refractivity contribution < 1.29 is 9.53 Å². The summed E-state index contributed by atoms with van der Waals surface area (Å²) < 4.78 is 5.32. The Morgan fingerprint density at radius 1 is 1.04 bits per heavy atom. The van der Waals surface area contributed by atoms with Crippen molar-refractivity contribution in [1.82, 2.24) is 0 Å². The van der Waals surface area contributed by atoms with E-state index < -0.39 is 5.97 Å². The zero-order valence-electron chi connectivity index (χ0n) is 14.0. The van der Waals surface area contributed by atoms with E-state index in [9.17, 15) is 4.79 Å². The van der Waals surface area contributed by atoms with Crippen LogP contribution < -0.4 is 0 Å². The summed E-state index contributed by atoms with van der Waals surface area (Å²) in [6.07, 6.45) is 3.76. The van der Waals surface area contributed by atoms with Gasteiger partial charge in [0.15, 0.2) is 5.70 Å². The minimum atomic E-state index is -0.413. The maximum atomic E-state index is 12.1. The molecule has 0 spiro atoms. The molecule has 1 heterocycles. The van der Waals surface area contributed by atoms with Gasteiger partial charge < -0.3 is 4.74 Å². The van der Waals surface area contributed by atoms with Crippen LogP contribution in [0.2, 0.25) is 0 Å². The second-order valence-electron chi connectivity index (χ2n) is 5.93. The van der Waals surface area contributed by atoms with Crippen molar-refractivity contribution in [2.75, 3.05) is 0 Å². The fraction of sp³-hybridized carbons (Fsp3) is 0.143. The summed E-state index contributed by atoms with van der Waals surface area (Å²) in [7, 11) is 0. The van der Waals surface area contributed by atoms with Crippen LogP contribution in [-0.4, -0.2) is 11.9 Å². The van der Waals surface area contributed by atoms with Crippen LogP contribution in [0.5, 0.6) is 0 Å². The molecule has 1 aliphatic rings. The molecule has 0 fully saturated rings. The Labute approximate surface area is 142 Å². The molecule has 0 aromatic heterocycles. The van der Waals surface area contributed by atoms with Crippen molar-refractivity contribution in [2.45, 2.75) is 20.8 Å². The smallest absolute Gasteiger partial charge is 0.363 e. The molecular weight excluding hydrogens is 298 g/mol. The zero-order valence-corrected chi connectivity index (χ0v) is 14.0. The Kier molecular flexibility index (Phi) is 4.43. The molecule has 2 aromatic carbocycles. The predicted octanol–water partition coefficient (Wildman–Crippen LogP) is 4.59. The number of hydrogen-bond acceptors (Lipinski definition) is 3. The van der Waals surface area contributed by atoms with Gasteiger partial charge in [-0.05, 0) is 61.2 Å². The second-order valence-corrected chi connectivity index (χ2v) is 5.93. The van der Waals surface area contributed by atoms with Crippen LogP contribution in [0.4, 0.5) is 0 Å². The van der Waals surface area contributed by atoms with E-state index >= 15 is 0 Å². The minimum Gasteiger partial charge on any atom is -0.402 e. The Morgan fingerprint density at radius 3 is 2.50 bits per heavy atom. The van der Waals surface area contributed by atoms with Gasteiger partial charge in [-0.15, -0.1) is 0 Å². The standard InChI is InChI=1S/C21H19NO2/c1-14(11-17-7-5-4-6-8-17)12-19-21(23)24-20(22-19)18-10-9-15(2)16(3)13-18/h4-13H,1-3H3/b14-11+,19-12-. The van der Waals surface area contributed by atoms with Gasteiger partial charge in [0.25, 0.3) is 0 Å². The summed E-state index contributed by atoms with van der Waals surface area (Å²) in [6, 6.07) is 15.9. The van der Waals surface area contributed by atoms with Gasteiger partial charge in [-0.25, -0.2) is 9.79 Å². The molecule has 120 valence electrons. The number of carbonyl (C=O) groups excluding carboxylic acids is 1. The molecule has 0 atom stereocenters. The number of carbonyl (C=O) groups is 1. The highest BCUT2D eigenvalue weighted by atomic mass is 16.6. The topological polar surface area (TPSA) is 38.7 Å². The fourth-order valence-corrected chi connectivity index (χ4v) is 2.48. The molecule has 0 saturated heterocycles. The highest BCUT2D eigenvalue weighted by Crippen LogP contribution is 2.20. The number of nitrogens with zero attached hydrogens (tertiary/aromatic N) is 1. The zero-order chi connectivity index (χ0) is 17.1. The van der Waals surface area contributed by atoms with Crippen molar-refractivity contribution in [3.63, 3.8) is 0 Å². The molecule has 0 radical (unpaired) electrons. The highest BCUT2D eigenvalue weighted by molar-refractivity contribution is 6.11. The van der Waals surface area contributed by atoms with E-state index in [1.807, 2.05) is 75.4 Å². The van der Waals surface area contributed by atoms with Gasteiger partial charge >= 0.3 is 5.97 Å². The summed E-state index contributed by atoms with van der Waals surface area (Å²) in [5, 5.41) is 0. The summed E-state index contributed by atoms with van der Waals surface area (Å²) in [5.41, 5.74) is 5.51. The van der Waals surface area contributed by atoms with E-state index in [1.54, 1.807) is 6.08 Å². The molecule has 0 aliphatic carbocycles. The molecule has 0 amide bonds. The summed E-state index contributed by atoms with van der Waals surface area (Å²) in [5.74, 6) is -0.0501. The predicted molar refractivity (Wildman–Crippen MR) is 96.7 cm³/mol. The first-order valence-electron chi connectivity index (χ1n) is 7.86. The molecule has 1 aliphatic heterocycles. The SMILES string of the molecule is CC(/C=C1\N=C(c2ccc(C)c(C)c2)OC1=O)=C\c1ccccc1. The number of cyclic esters (lactones) is 1. The maximum Gasteiger partial charge on any atom is 0.363 e. The lowest BCUT2D eigenvalue weighted by molar-refractivity contribution is -0.130. The average molecular weight is 317 g/mol. The lowest BCUT2D eigenvalue weighted by atomic mass is 10.1. The molecule has 0 unspecified atom stereocenters. The van der Waals surface area contributed by atoms with E-state index in [1.165, 1.54) is 5.56 Å². The van der Waals surface area contributed by atoms with Gasteiger partial charge in [-0.2, -0.15) is 0 Å². The quantitative estimate of drug-likeness (QED) is 0.613. The summed E-state index contributed by atoms with van der Waals surface area (Å²) in [4.78, 5) is 16.4. The van der Waals surface area contributed by atoms with Gasteiger partial charge in [-0.1, -0.05) is 42.5 Å². The van der Waals surface area contributed by atoms with Gasteiger partial charge in [0.2, 0.25) is 5.90 Å². The van der Waals surface area contributed by atoms with Crippen LogP contribution >= 0.6 is 0 Å². The number of esters is 1. The number of hydrogen-bond donors (Lipinski definition) is 0. The first kappa shape index (κ1) is 15.9. The lowest BCUT2D eigenvalue weighted by Crippen LogP contribution is -2.05. The van der Waals surface area contributed by atoms with Crippen LogP contribution in [0.15, 0.2) is 70.9 Å². The lowest BCUT2D eigenvalue weighted by Gasteiger charge is -2.03. The van der Waals surface area contributed by atoms with Crippen molar-refractivity contribution in [3.8, 4) is 0 Å². The van der Waals surface area contributed by atoms with Gasteiger partial charge in [0.05, 0.1) is 0 Å². The van der Waals surface area contributed by atoms with E-state index in [-0.39, 0.29) is 0 Å². The monoisotopic (exact) mass is 317 g/mol. The molecule has 3 nitrogen and oxygen atoms in total. The number of benzene rings is 2. The van der Waals surface area contributed by atoms with Crippen LogP contribution in [0.25, 0.3) is 6.08 Å². The molecule has 3 rings (SSSR count). The maximum absolute atomic E-state index is 12.1. The minimum absolute atomic E-state index is 0.327. The first-order chi connectivity index (χ1) is 11.5. The van der Waals surface area contributed by atoms with E-state index in [0.717, 1.165) is 22.3 Å². The number of rotatable bonds is 3. The normalized spacial score (nSPS) is 16.3. The Hall–Kier alpha value is -2.94. The molecule has 0 N–H and O–H groups in total. The van der Waals surface area contributed by atoms with Gasteiger partial charge in [-0.3, -0.25) is 0 Å². The molecule has 3 heteroatoms. The number of aryl methyl sites for hydroxylation is 2. The van der Waals surface area contributed by atoms with Crippen LogP contribution in [0.3, 0.4) is 0 Å². The summed E-state index contributed by atoms with van der Waals surface area (Å²) in [6.45, 7) is 6.02. The van der Waals surface area contributed by atoms with E-state index in [0.29, 0.717) is 11.6 Å². The average Bonchev–Trinajstić information content (AvgIpc) is 2.92. The molecule has 24 heavy (non-hydrogen) atoms. The molecule has 2 aromatic rings. The van der Waals surface area contributed by atoms with Crippen LogP contribution in [-0.2, 0) is 9.53 Å². The molecular formula is C21H19NO2. The first-order valence-corrected chi connectivity index (χ1v) is 7.86. The van der Waals surface area contributed by atoms with Crippen molar-refractivity contribution in [1.29, 1.82) is 0 Å². The second kappa shape index (κ2) is 6.67. The van der Waals surface area contributed by atoms with Crippen LogP contribution in [0, 0.1) is 13.8 Å².